The highest BCUT2D eigenvalue weighted by molar-refractivity contribution is 6.04. The number of amides is 1. The molecule has 0 aliphatic rings. The van der Waals surface area contributed by atoms with Crippen molar-refractivity contribution in [3.05, 3.63) is 65.4 Å². The molecule has 0 fully saturated rings. The molecular weight excluding hydrogens is 408 g/mol. The number of fused-ring (bicyclic) bond motifs is 1. The van der Waals surface area contributed by atoms with Crippen molar-refractivity contribution in [2.24, 2.45) is 0 Å². The number of carbonyl (C=O) groups is 1. The van der Waals surface area contributed by atoms with Crippen molar-refractivity contribution in [3.8, 4) is 23.1 Å². The van der Waals surface area contributed by atoms with Gasteiger partial charge >= 0.3 is 0 Å². The molecule has 32 heavy (non-hydrogen) atoms. The second kappa shape index (κ2) is 8.58. The summed E-state index contributed by atoms with van der Waals surface area (Å²) in [6, 6.07) is 14.5. The predicted molar refractivity (Wildman–Crippen MR) is 122 cm³/mol. The minimum absolute atomic E-state index is 0.304. The van der Waals surface area contributed by atoms with Gasteiger partial charge in [0.25, 0.3) is 5.91 Å². The Morgan fingerprint density at radius 2 is 1.66 bits per heavy atom. The molecule has 4 rings (SSSR count). The lowest BCUT2D eigenvalue weighted by Crippen LogP contribution is -2.16. The van der Waals surface area contributed by atoms with Crippen LogP contribution in [0.5, 0.6) is 17.2 Å². The number of nitrogens with one attached hydrogen (secondary N) is 1. The van der Waals surface area contributed by atoms with E-state index in [-0.39, 0.29) is 5.91 Å². The maximum absolute atomic E-state index is 13.0. The Balaban J connectivity index is 1.73. The molecule has 0 radical (unpaired) electrons. The highest BCUT2D eigenvalue weighted by Gasteiger charge is 2.17. The number of methoxy groups -OCH3 is 3. The van der Waals surface area contributed by atoms with Gasteiger partial charge in [-0.1, -0.05) is 12.1 Å². The Labute approximate surface area is 185 Å². The SMILES string of the molecule is COc1ccc(C(=O)Nc2cc(C)nn2-c2cc(C)c3cccc(OC)c3n2)cc1OC. The van der Waals surface area contributed by atoms with E-state index in [1.54, 1.807) is 43.2 Å². The molecule has 8 nitrogen and oxygen atoms in total. The summed E-state index contributed by atoms with van der Waals surface area (Å²) in [5, 5.41) is 8.46. The van der Waals surface area contributed by atoms with E-state index in [9.17, 15) is 4.79 Å². The van der Waals surface area contributed by atoms with Crippen molar-refractivity contribution in [2.75, 3.05) is 26.6 Å². The number of para-hydroxylation sites is 1. The summed E-state index contributed by atoms with van der Waals surface area (Å²) in [6.45, 7) is 3.86. The topological polar surface area (TPSA) is 87.5 Å². The fraction of sp³-hybridized carbons (Fsp3) is 0.208. The standard InChI is InChI=1S/C24H24N4O4/c1-14-11-21(25-23-17(14)7-6-8-19(23)31-4)28-22(12-15(2)27-28)26-24(29)16-9-10-18(30-3)20(13-16)32-5/h6-13H,1-5H3,(H,26,29). The molecule has 8 heteroatoms. The fourth-order valence-corrected chi connectivity index (χ4v) is 3.58. The minimum Gasteiger partial charge on any atom is -0.494 e. The predicted octanol–water partition coefficient (Wildman–Crippen LogP) is 4.32. The maximum atomic E-state index is 13.0. The number of ether oxygens (including phenoxy) is 3. The molecule has 1 N–H and O–H groups in total. The lowest BCUT2D eigenvalue weighted by Gasteiger charge is -2.13. The van der Waals surface area contributed by atoms with Crippen LogP contribution in [-0.4, -0.2) is 42.0 Å². The third-order valence-electron chi connectivity index (χ3n) is 5.15. The fourth-order valence-electron chi connectivity index (χ4n) is 3.58. The number of anilines is 1. The van der Waals surface area contributed by atoms with Crippen LogP contribution in [0.2, 0.25) is 0 Å². The summed E-state index contributed by atoms with van der Waals surface area (Å²) in [4.78, 5) is 17.7. The van der Waals surface area contributed by atoms with Crippen molar-refractivity contribution in [1.29, 1.82) is 0 Å². The number of hydrogen-bond acceptors (Lipinski definition) is 6. The molecule has 0 aliphatic carbocycles. The van der Waals surface area contributed by atoms with Crippen molar-refractivity contribution in [3.63, 3.8) is 0 Å². The number of hydrogen-bond donors (Lipinski definition) is 1. The molecule has 4 aromatic rings. The van der Waals surface area contributed by atoms with Crippen LogP contribution in [0.4, 0.5) is 5.82 Å². The third kappa shape index (κ3) is 3.82. The quantitative estimate of drug-likeness (QED) is 0.488. The number of pyridine rings is 1. The molecule has 0 unspecified atom stereocenters. The van der Waals surface area contributed by atoms with E-state index in [1.165, 1.54) is 7.11 Å². The molecular formula is C24H24N4O4. The summed E-state index contributed by atoms with van der Waals surface area (Å²) >= 11 is 0. The first-order valence-electron chi connectivity index (χ1n) is 10.00. The highest BCUT2D eigenvalue weighted by Crippen LogP contribution is 2.30. The molecule has 2 aromatic carbocycles. The van der Waals surface area contributed by atoms with Crippen LogP contribution in [0.25, 0.3) is 16.7 Å². The van der Waals surface area contributed by atoms with Gasteiger partial charge < -0.3 is 19.5 Å². The van der Waals surface area contributed by atoms with Crippen LogP contribution in [-0.2, 0) is 0 Å². The Bertz CT molecular complexity index is 1310. The monoisotopic (exact) mass is 432 g/mol. The average Bonchev–Trinajstić information content (AvgIpc) is 3.17. The Kier molecular flexibility index (Phi) is 5.68. The summed E-state index contributed by atoms with van der Waals surface area (Å²) < 4.78 is 17.7. The number of aromatic nitrogens is 3. The van der Waals surface area contributed by atoms with E-state index < -0.39 is 0 Å². The first kappa shape index (κ1) is 21.2. The first-order valence-corrected chi connectivity index (χ1v) is 10.00. The van der Waals surface area contributed by atoms with Gasteiger partial charge in [0.15, 0.2) is 17.3 Å². The number of nitrogens with zero attached hydrogens (tertiary/aromatic N) is 3. The van der Waals surface area contributed by atoms with Gasteiger partial charge in [-0.3, -0.25) is 4.79 Å². The van der Waals surface area contributed by atoms with Crippen LogP contribution >= 0.6 is 0 Å². The van der Waals surface area contributed by atoms with E-state index >= 15 is 0 Å². The minimum atomic E-state index is -0.304. The number of benzene rings is 2. The summed E-state index contributed by atoms with van der Waals surface area (Å²) in [7, 11) is 4.69. The van der Waals surface area contributed by atoms with E-state index in [2.05, 4.69) is 10.4 Å². The van der Waals surface area contributed by atoms with Gasteiger partial charge in [-0.15, -0.1) is 0 Å². The molecule has 0 saturated carbocycles. The van der Waals surface area contributed by atoms with Crippen LogP contribution in [0.3, 0.4) is 0 Å². The lowest BCUT2D eigenvalue weighted by atomic mass is 10.1. The largest absolute Gasteiger partial charge is 0.494 e. The zero-order valence-corrected chi connectivity index (χ0v) is 18.6. The lowest BCUT2D eigenvalue weighted by molar-refractivity contribution is 0.102. The van der Waals surface area contributed by atoms with E-state index in [0.29, 0.717) is 34.4 Å². The molecule has 1 amide bonds. The smallest absolute Gasteiger partial charge is 0.256 e. The molecule has 0 spiro atoms. The Hall–Kier alpha value is -4.07. The summed E-state index contributed by atoms with van der Waals surface area (Å²) in [5.41, 5.74) is 2.93. The van der Waals surface area contributed by atoms with E-state index in [1.807, 2.05) is 38.1 Å². The zero-order chi connectivity index (χ0) is 22.8. The Morgan fingerprint density at radius 1 is 0.906 bits per heavy atom. The molecule has 0 aliphatic heterocycles. The molecule has 0 saturated heterocycles. The van der Waals surface area contributed by atoms with Gasteiger partial charge in [0.1, 0.15) is 17.1 Å². The van der Waals surface area contributed by atoms with Crippen molar-refractivity contribution in [1.82, 2.24) is 14.8 Å². The van der Waals surface area contributed by atoms with Gasteiger partial charge in [-0.05, 0) is 49.7 Å². The normalized spacial score (nSPS) is 10.8. The molecule has 0 atom stereocenters. The van der Waals surface area contributed by atoms with Gasteiger partial charge in [0.2, 0.25) is 0 Å². The van der Waals surface area contributed by atoms with E-state index in [0.717, 1.165) is 22.2 Å². The van der Waals surface area contributed by atoms with Crippen molar-refractivity contribution < 1.29 is 19.0 Å². The highest BCUT2D eigenvalue weighted by atomic mass is 16.5. The molecule has 164 valence electrons. The van der Waals surface area contributed by atoms with E-state index in [4.69, 9.17) is 19.2 Å². The van der Waals surface area contributed by atoms with Crippen molar-refractivity contribution >= 4 is 22.6 Å². The van der Waals surface area contributed by atoms with Crippen LogP contribution in [0.15, 0.2) is 48.5 Å². The maximum Gasteiger partial charge on any atom is 0.256 e. The van der Waals surface area contributed by atoms with Gasteiger partial charge in [-0.25, -0.2) is 4.98 Å². The van der Waals surface area contributed by atoms with Crippen LogP contribution in [0, 0.1) is 13.8 Å². The number of carbonyl (C=O) groups excluding carboxylic acids is 1. The van der Waals surface area contributed by atoms with Crippen LogP contribution < -0.4 is 19.5 Å². The first-order chi connectivity index (χ1) is 15.4. The Morgan fingerprint density at radius 3 is 2.38 bits per heavy atom. The van der Waals surface area contributed by atoms with Gasteiger partial charge in [-0.2, -0.15) is 9.78 Å². The number of rotatable bonds is 6. The van der Waals surface area contributed by atoms with Crippen molar-refractivity contribution in [2.45, 2.75) is 13.8 Å². The second-order valence-corrected chi connectivity index (χ2v) is 7.26. The molecule has 2 heterocycles. The number of aryl methyl sites for hydroxylation is 2. The summed E-state index contributed by atoms with van der Waals surface area (Å²) in [6.07, 6.45) is 0. The van der Waals surface area contributed by atoms with Crippen LogP contribution in [0.1, 0.15) is 21.6 Å². The molecule has 2 aromatic heterocycles. The second-order valence-electron chi connectivity index (χ2n) is 7.26. The van der Waals surface area contributed by atoms with Gasteiger partial charge in [0, 0.05) is 17.0 Å². The summed E-state index contributed by atoms with van der Waals surface area (Å²) in [5.74, 6) is 2.48. The zero-order valence-electron chi connectivity index (χ0n) is 18.6. The average molecular weight is 432 g/mol. The van der Waals surface area contributed by atoms with Gasteiger partial charge in [0.05, 0.1) is 27.0 Å². The molecule has 0 bridgehead atoms. The third-order valence-corrected chi connectivity index (χ3v) is 5.15.